The fourth-order valence-corrected chi connectivity index (χ4v) is 14.9. The minimum atomic E-state index is -1.63. The van der Waals surface area contributed by atoms with E-state index in [0.717, 1.165) is 25.7 Å². The van der Waals surface area contributed by atoms with Crippen LogP contribution in [0.4, 0.5) is 31.4 Å². The van der Waals surface area contributed by atoms with Crippen LogP contribution in [0.15, 0.2) is 188 Å². The number of Topliss-reactive ketones (excluding diaryl/α,β-unsaturated/α-hetero) is 3. The molecule has 36 nitrogen and oxygen atoms in total. The van der Waals surface area contributed by atoms with Gasteiger partial charge < -0.3 is 112 Å². The van der Waals surface area contributed by atoms with Gasteiger partial charge in [0.25, 0.3) is 58.7 Å². The number of rotatable bonds is 31. The van der Waals surface area contributed by atoms with Gasteiger partial charge in [-0.3, -0.25) is 52.7 Å². The van der Waals surface area contributed by atoms with Crippen LogP contribution in [0.1, 0.15) is 119 Å². The molecule has 3 atom stereocenters. The Morgan fingerprint density at radius 1 is 0.394 bits per heavy atom. The number of fused-ring (bicyclic) bond motifs is 3. The fourth-order valence-electron chi connectivity index (χ4n) is 14.9. The molecule has 3 aliphatic heterocycles. The van der Waals surface area contributed by atoms with E-state index in [1.54, 1.807) is 137 Å². The number of aromatic amines is 3. The number of carbonyl (C=O) groups excluding carboxylic acids is 13. The Labute approximate surface area is 730 Å². The van der Waals surface area contributed by atoms with E-state index in [4.69, 9.17) is 20.3 Å². The second kappa shape index (κ2) is 45.3. The molecular weight excluding hydrogens is 1630 g/mol. The predicted molar refractivity (Wildman–Crippen MR) is 475 cm³/mol. The molecule has 0 bridgehead atoms. The molecule has 13 amide bonds. The van der Waals surface area contributed by atoms with Crippen molar-refractivity contribution in [3.05, 3.63) is 227 Å². The number of hydrogen-bond acceptors (Lipinski definition) is 19. The van der Waals surface area contributed by atoms with Crippen molar-refractivity contribution in [1.82, 2.24) is 65.6 Å². The van der Waals surface area contributed by atoms with Crippen molar-refractivity contribution in [2.45, 2.75) is 64.6 Å². The summed E-state index contributed by atoms with van der Waals surface area (Å²) in [5, 5.41) is 47.4. The number of benzene rings is 7. The van der Waals surface area contributed by atoms with Crippen LogP contribution < -0.4 is 48.4 Å². The number of nitrogens with one attached hydrogen (secondary N) is 10. The highest BCUT2D eigenvalue weighted by Gasteiger charge is 2.39. The Hall–Kier alpha value is -14.4. The number of piperazine rings is 3. The fraction of sp³-hybridized carbons (Fsp3) is 0.311. The average Bonchev–Trinajstić information content (AvgIpc) is 1.59. The first-order chi connectivity index (χ1) is 61.3. The van der Waals surface area contributed by atoms with Gasteiger partial charge in [0.15, 0.2) is 0 Å². The second-order valence-corrected chi connectivity index (χ2v) is 30.3. The van der Waals surface area contributed by atoms with Gasteiger partial charge in [0, 0.05) is 160 Å². The average molecular weight is 1740 g/mol. The first-order valence-electron chi connectivity index (χ1n) is 41.7. The number of anilines is 3. The van der Waals surface area contributed by atoms with Crippen LogP contribution in [-0.4, -0.2) is 286 Å². The lowest BCUT2D eigenvalue weighted by Gasteiger charge is -2.39. The van der Waals surface area contributed by atoms with E-state index < -0.39 is 66.6 Å². The van der Waals surface area contributed by atoms with Gasteiger partial charge in [0.05, 0.1) is 76.7 Å². The lowest BCUT2D eigenvalue weighted by atomic mass is 9.80. The number of ketones is 3. The highest BCUT2D eigenvalue weighted by atomic mass is 16.5. The molecule has 6 heterocycles. The van der Waals surface area contributed by atoms with Crippen molar-refractivity contribution in [2.24, 2.45) is 5.73 Å². The summed E-state index contributed by atoms with van der Waals surface area (Å²) in [5.41, 5.74) is 10.9. The summed E-state index contributed by atoms with van der Waals surface area (Å²) in [6.07, 6.45) is 7.72. The zero-order valence-corrected chi connectivity index (χ0v) is 70.4. The van der Waals surface area contributed by atoms with E-state index in [-0.39, 0.29) is 89.7 Å². The van der Waals surface area contributed by atoms with Gasteiger partial charge in [-0.25, -0.2) is 14.4 Å². The summed E-state index contributed by atoms with van der Waals surface area (Å²) >= 11 is 0. The number of aromatic nitrogens is 3. The molecular formula is C90H102BN17O19. The zero-order chi connectivity index (χ0) is 90.6. The molecule has 13 rings (SSSR count). The van der Waals surface area contributed by atoms with Crippen molar-refractivity contribution in [1.29, 1.82) is 0 Å². The third kappa shape index (κ3) is 24.6. The van der Waals surface area contributed by atoms with Crippen molar-refractivity contribution >= 4 is 145 Å². The molecule has 7 aromatic carbocycles. The Balaban J connectivity index is 0.000000188. The monoisotopic (exact) mass is 1740 g/mol. The summed E-state index contributed by atoms with van der Waals surface area (Å²) in [7, 11) is -1.63. The number of amides is 13. The van der Waals surface area contributed by atoms with Crippen molar-refractivity contribution in [3.63, 3.8) is 0 Å². The Bertz CT molecular complexity index is 5600. The molecule has 0 spiro atoms. The molecule has 3 fully saturated rings. The Morgan fingerprint density at radius 3 is 1.11 bits per heavy atom. The number of ether oxygens (including phenoxy) is 2. The van der Waals surface area contributed by atoms with Gasteiger partial charge in [-0.05, 0) is 106 Å². The lowest BCUT2D eigenvalue weighted by Crippen LogP contribution is -2.56. The number of nitrogens with two attached hydrogens (primary N) is 1. The van der Waals surface area contributed by atoms with E-state index in [2.05, 4.69) is 52.2 Å². The number of carbonyl (C=O) groups is 14. The number of aliphatic carboxylic acids is 1. The van der Waals surface area contributed by atoms with Gasteiger partial charge in [0.1, 0.15) is 6.54 Å². The largest absolute Gasteiger partial charge is 0.488 e. The Kier molecular flexibility index (Phi) is 33.3. The first kappa shape index (κ1) is 93.3. The van der Waals surface area contributed by atoms with Crippen molar-refractivity contribution in [3.8, 4) is 0 Å². The van der Waals surface area contributed by atoms with Crippen molar-refractivity contribution in [2.75, 3.05) is 134 Å². The van der Waals surface area contributed by atoms with Crippen LogP contribution in [0.5, 0.6) is 0 Å². The summed E-state index contributed by atoms with van der Waals surface area (Å²) < 4.78 is 10.6. The maximum atomic E-state index is 13.4. The molecule has 127 heavy (non-hydrogen) atoms. The second-order valence-electron chi connectivity index (χ2n) is 30.3. The smallest absolute Gasteiger partial charge is 0.480 e. The highest BCUT2D eigenvalue weighted by molar-refractivity contribution is 6.58. The van der Waals surface area contributed by atoms with Crippen LogP contribution in [-0.2, 0) is 28.7 Å². The minimum Gasteiger partial charge on any atom is -0.480 e. The van der Waals surface area contributed by atoms with Crippen LogP contribution in [0.3, 0.4) is 0 Å². The number of nitrogens with zero attached hydrogens (tertiary/aromatic N) is 6. The molecule has 37 heteroatoms. The molecule has 3 aromatic heterocycles. The number of carboxylic acid groups (broad SMARTS) is 1. The number of hydrogen-bond donors (Lipinski definition) is 14. The van der Waals surface area contributed by atoms with Crippen molar-refractivity contribution < 1.29 is 91.8 Å². The van der Waals surface area contributed by atoms with Crippen LogP contribution >= 0.6 is 0 Å². The molecule has 3 saturated heterocycles. The van der Waals surface area contributed by atoms with Crippen LogP contribution in [0.25, 0.3) is 32.7 Å². The van der Waals surface area contributed by atoms with E-state index >= 15 is 0 Å². The summed E-state index contributed by atoms with van der Waals surface area (Å²) in [6.45, 7) is 11.2. The zero-order valence-electron chi connectivity index (χ0n) is 70.4. The molecule has 0 saturated carbocycles. The van der Waals surface area contributed by atoms with Gasteiger partial charge >= 0.3 is 31.2 Å². The van der Waals surface area contributed by atoms with E-state index in [0.29, 0.717) is 164 Å². The molecule has 0 aliphatic carbocycles. The summed E-state index contributed by atoms with van der Waals surface area (Å²) in [4.78, 5) is 197. The van der Waals surface area contributed by atoms with Gasteiger partial charge in [0.2, 0.25) is 0 Å². The van der Waals surface area contributed by atoms with Crippen LogP contribution in [0.2, 0.25) is 0 Å². The molecule has 0 radical (unpaired) electrons. The normalized spacial score (nSPS) is 14.9. The number of carboxylic acids is 1. The number of unbranched alkanes of at least 4 members (excludes halogenated alkanes) is 3. The van der Waals surface area contributed by atoms with Gasteiger partial charge in [-0.1, -0.05) is 116 Å². The standard InChI is InChI=1S/C36H50N8O7.C29H27BN4O6.C25H25N5O6/c1-26-25-43(33(46)27-10-5-4-6-11-27)18-19-44(26)34(47)32(45)29-24-41-31-28(29)12-9-13-30(31)42-36(49)39-16-8-3-2-7-15-38-35(48)40-17-21-51-23-22-50-20-14-37;1-18-17-33(28(37)20-6-3-2-4-7-20)14-15-34(18)29(38)26(35)23-16-31-25-22(23)8-5-9-24(25)32-27(36)19-10-12-21(13-11-19)30(39)40;1-15-14-29(23(34)16-6-3-2-4-7-16)10-11-30(15)24(35)22(33)18-12-26-21-17(18)8-5-9-19(21)28-25(36)27-13-20(31)32/h4-6,9-13,24,26,41H,2-3,7-8,14-23,25,37H2,1H3,(H2,38,40,48)(H2,39,42,49);2-13,16,18,31,39-40H,14-15,17H2,1H3,(H,32,36);2-9,12,15,26H,10-11,13-14H2,1H3,(H,31,32)(H2,27,28,36)/t26-;18-;15-/m111/s1. The quantitative estimate of drug-likeness (QED) is 0.00983. The molecule has 664 valence electrons. The van der Waals surface area contributed by atoms with Crippen LogP contribution in [0, 0.1) is 0 Å². The number of para-hydroxylation sites is 3. The summed E-state index contributed by atoms with van der Waals surface area (Å²) in [6, 6.07) is 45.3. The third-order valence-corrected chi connectivity index (χ3v) is 21.5. The Morgan fingerprint density at radius 2 is 0.748 bits per heavy atom. The predicted octanol–water partition coefficient (Wildman–Crippen LogP) is 6.28. The molecule has 15 N–H and O–H groups in total. The molecule has 0 unspecified atom stereocenters. The SMILES string of the molecule is C[C@@H]1CN(C(=O)c2ccccc2)CCN1C(=O)C(=O)c1c[nH]c2c(NC(=O)NCC(=O)O)cccc12.C[C@@H]1CN(C(=O)c2ccccc2)CCN1C(=O)C(=O)c1c[nH]c2c(NC(=O)NCCCCCCNC(=O)NCCOCCOCCN)cccc12.C[C@@H]1CN(C(=O)c2ccccc2)CCN1C(=O)C(=O)c1c[nH]c2c(NC(=O)c3ccc(B(O)O)cc3)cccc12. The van der Waals surface area contributed by atoms with Gasteiger partial charge in [-0.2, -0.15) is 0 Å². The van der Waals surface area contributed by atoms with E-state index in [9.17, 15) is 77.2 Å². The number of urea groups is 3. The van der Waals surface area contributed by atoms with Gasteiger partial charge in [-0.15, -0.1) is 0 Å². The number of H-pyrrole nitrogens is 3. The third-order valence-electron chi connectivity index (χ3n) is 21.5. The minimum absolute atomic E-state index is 0.104. The lowest BCUT2D eigenvalue weighted by molar-refractivity contribution is -0.136. The molecule has 3 aliphatic rings. The maximum absolute atomic E-state index is 13.4. The summed E-state index contributed by atoms with van der Waals surface area (Å²) in [5.74, 6) is -5.95. The first-order valence-corrected chi connectivity index (χ1v) is 41.7. The maximum Gasteiger partial charge on any atom is 0.488 e. The van der Waals surface area contributed by atoms with E-state index in [1.807, 2.05) is 44.2 Å². The molecule has 10 aromatic rings. The highest BCUT2D eigenvalue weighted by Crippen LogP contribution is 2.31. The van der Waals surface area contributed by atoms with E-state index in [1.165, 1.54) is 57.6 Å². The topological polar surface area (TPSA) is 495 Å².